The second-order valence-corrected chi connectivity index (χ2v) is 8.89. The number of imide groups is 1. The number of ether oxygens (including phenoxy) is 1. The zero-order valence-corrected chi connectivity index (χ0v) is 19.7. The van der Waals surface area contributed by atoms with Gasteiger partial charge < -0.3 is 15.4 Å². The van der Waals surface area contributed by atoms with Crippen molar-refractivity contribution in [2.24, 2.45) is 0 Å². The van der Waals surface area contributed by atoms with Gasteiger partial charge in [-0.1, -0.05) is 18.2 Å². The molecule has 4 amide bonds. The van der Waals surface area contributed by atoms with Crippen LogP contribution in [0.4, 0.5) is 21.9 Å². The van der Waals surface area contributed by atoms with Crippen LogP contribution in [0.25, 0.3) is 0 Å². The average Bonchev–Trinajstić information content (AvgIpc) is 3.13. The standard InChI is InChI=1S/C26H23N3O5S/c1-2-34-25(32)17-8-12-20(13-9-17)29-23(30)16-22(24(29)31)35-21-14-10-19(11-15-21)28-26(33)27-18-6-4-3-5-7-18/h3-15,22H,2,16H2,1H3,(H2,27,28,33)/t22-/m1/s1. The third-order valence-electron chi connectivity index (χ3n) is 5.16. The van der Waals surface area contributed by atoms with E-state index in [4.69, 9.17) is 4.74 Å². The van der Waals surface area contributed by atoms with E-state index in [0.29, 0.717) is 22.6 Å². The summed E-state index contributed by atoms with van der Waals surface area (Å²) in [6, 6.07) is 22.0. The van der Waals surface area contributed by atoms with Crippen LogP contribution in [-0.2, 0) is 14.3 Å². The van der Waals surface area contributed by atoms with Crippen molar-refractivity contribution in [2.75, 3.05) is 22.1 Å². The summed E-state index contributed by atoms with van der Waals surface area (Å²) in [5.41, 5.74) is 2.05. The largest absolute Gasteiger partial charge is 0.462 e. The first-order valence-corrected chi connectivity index (χ1v) is 11.9. The number of benzene rings is 3. The van der Waals surface area contributed by atoms with Crippen LogP contribution in [0, 0.1) is 0 Å². The molecule has 178 valence electrons. The number of amides is 4. The molecule has 1 aliphatic heterocycles. The molecule has 1 atom stereocenters. The molecular formula is C26H23N3O5S. The van der Waals surface area contributed by atoms with Crippen molar-refractivity contribution in [2.45, 2.75) is 23.5 Å². The van der Waals surface area contributed by atoms with Gasteiger partial charge in [0.25, 0.3) is 0 Å². The molecule has 1 heterocycles. The number of hydrogen-bond acceptors (Lipinski definition) is 6. The van der Waals surface area contributed by atoms with E-state index in [1.54, 1.807) is 55.5 Å². The molecule has 0 saturated carbocycles. The van der Waals surface area contributed by atoms with Crippen LogP contribution in [0.2, 0.25) is 0 Å². The van der Waals surface area contributed by atoms with Crippen LogP contribution in [0.3, 0.4) is 0 Å². The summed E-state index contributed by atoms with van der Waals surface area (Å²) in [6.45, 7) is 1.99. The number of carbonyl (C=O) groups is 4. The summed E-state index contributed by atoms with van der Waals surface area (Å²) < 4.78 is 4.96. The molecule has 1 saturated heterocycles. The maximum atomic E-state index is 13.0. The summed E-state index contributed by atoms with van der Waals surface area (Å²) in [6.07, 6.45) is 0.0720. The average molecular weight is 490 g/mol. The monoisotopic (exact) mass is 489 g/mol. The molecule has 0 aliphatic carbocycles. The molecule has 1 aliphatic rings. The Labute approximate surface area is 206 Å². The predicted molar refractivity (Wildman–Crippen MR) is 135 cm³/mol. The molecule has 0 aromatic heterocycles. The maximum Gasteiger partial charge on any atom is 0.338 e. The lowest BCUT2D eigenvalue weighted by Crippen LogP contribution is -2.31. The molecule has 0 bridgehead atoms. The molecule has 1 fully saturated rings. The molecule has 0 unspecified atom stereocenters. The van der Waals surface area contributed by atoms with Crippen molar-refractivity contribution in [3.63, 3.8) is 0 Å². The Morgan fingerprint density at radius 2 is 1.54 bits per heavy atom. The SMILES string of the molecule is CCOC(=O)c1ccc(N2C(=O)C[C@@H](Sc3ccc(NC(=O)Nc4ccccc4)cc3)C2=O)cc1. The van der Waals surface area contributed by atoms with Crippen molar-refractivity contribution in [1.29, 1.82) is 0 Å². The highest BCUT2D eigenvalue weighted by Gasteiger charge is 2.40. The van der Waals surface area contributed by atoms with Crippen LogP contribution in [-0.4, -0.2) is 35.7 Å². The number of para-hydroxylation sites is 1. The number of urea groups is 1. The number of nitrogens with zero attached hydrogens (tertiary/aromatic N) is 1. The van der Waals surface area contributed by atoms with Gasteiger partial charge in [-0.25, -0.2) is 14.5 Å². The lowest BCUT2D eigenvalue weighted by atomic mass is 10.2. The minimum Gasteiger partial charge on any atom is -0.462 e. The first kappa shape index (κ1) is 24.0. The van der Waals surface area contributed by atoms with Crippen molar-refractivity contribution >= 4 is 52.6 Å². The molecule has 3 aromatic carbocycles. The van der Waals surface area contributed by atoms with E-state index in [2.05, 4.69) is 10.6 Å². The van der Waals surface area contributed by atoms with Gasteiger partial charge >= 0.3 is 12.0 Å². The van der Waals surface area contributed by atoms with Gasteiger partial charge in [0.05, 0.1) is 23.1 Å². The van der Waals surface area contributed by atoms with Crippen LogP contribution < -0.4 is 15.5 Å². The van der Waals surface area contributed by atoms with E-state index in [1.165, 1.54) is 23.9 Å². The number of rotatable bonds is 7. The molecule has 35 heavy (non-hydrogen) atoms. The van der Waals surface area contributed by atoms with Gasteiger partial charge in [0.1, 0.15) is 0 Å². The molecule has 3 aromatic rings. The molecule has 0 radical (unpaired) electrons. The Bertz CT molecular complexity index is 1230. The van der Waals surface area contributed by atoms with E-state index >= 15 is 0 Å². The molecular weight excluding hydrogens is 466 g/mol. The minimum absolute atomic E-state index is 0.0720. The molecule has 0 spiro atoms. The highest BCUT2D eigenvalue weighted by atomic mass is 32.2. The van der Waals surface area contributed by atoms with Crippen molar-refractivity contribution in [1.82, 2.24) is 0 Å². The summed E-state index contributed by atoms with van der Waals surface area (Å²) in [4.78, 5) is 51.5. The van der Waals surface area contributed by atoms with Gasteiger partial charge in [0.2, 0.25) is 11.8 Å². The molecule has 8 nitrogen and oxygen atoms in total. The van der Waals surface area contributed by atoms with Crippen molar-refractivity contribution in [3.05, 3.63) is 84.4 Å². The summed E-state index contributed by atoms with van der Waals surface area (Å²) >= 11 is 1.29. The van der Waals surface area contributed by atoms with Gasteiger partial charge in [-0.3, -0.25) is 9.59 Å². The Balaban J connectivity index is 1.35. The highest BCUT2D eigenvalue weighted by Crippen LogP contribution is 2.34. The Hall–Kier alpha value is -4.11. The predicted octanol–water partition coefficient (Wildman–Crippen LogP) is 4.93. The minimum atomic E-state index is -0.563. The van der Waals surface area contributed by atoms with E-state index in [-0.39, 0.29) is 30.9 Å². The molecule has 2 N–H and O–H groups in total. The van der Waals surface area contributed by atoms with E-state index in [0.717, 1.165) is 9.80 Å². The highest BCUT2D eigenvalue weighted by molar-refractivity contribution is 8.00. The van der Waals surface area contributed by atoms with Gasteiger partial charge in [-0.15, -0.1) is 11.8 Å². The fourth-order valence-electron chi connectivity index (χ4n) is 3.52. The topological polar surface area (TPSA) is 105 Å². The summed E-state index contributed by atoms with van der Waals surface area (Å²) in [5.74, 6) is -1.07. The van der Waals surface area contributed by atoms with Gasteiger partial charge in [0, 0.05) is 22.7 Å². The number of thioether (sulfide) groups is 1. The molecule has 9 heteroatoms. The van der Waals surface area contributed by atoms with E-state index in [9.17, 15) is 19.2 Å². The van der Waals surface area contributed by atoms with Gasteiger partial charge in [-0.2, -0.15) is 0 Å². The fraction of sp³-hybridized carbons (Fsp3) is 0.154. The van der Waals surface area contributed by atoms with Crippen LogP contribution in [0.5, 0.6) is 0 Å². The third-order valence-corrected chi connectivity index (χ3v) is 6.36. The van der Waals surface area contributed by atoms with Gasteiger partial charge in [-0.05, 0) is 67.6 Å². The lowest BCUT2D eigenvalue weighted by Gasteiger charge is -2.15. The quantitative estimate of drug-likeness (QED) is 0.360. The smallest absolute Gasteiger partial charge is 0.338 e. The van der Waals surface area contributed by atoms with E-state index < -0.39 is 11.2 Å². The summed E-state index contributed by atoms with van der Waals surface area (Å²) in [5, 5.41) is 4.93. The normalized spacial score (nSPS) is 15.1. The Morgan fingerprint density at radius 1 is 0.914 bits per heavy atom. The third kappa shape index (κ3) is 5.88. The van der Waals surface area contributed by atoms with Gasteiger partial charge in [0.15, 0.2) is 0 Å². The fourth-order valence-corrected chi connectivity index (χ4v) is 4.58. The number of anilines is 3. The second-order valence-electron chi connectivity index (χ2n) is 7.61. The number of nitrogens with one attached hydrogen (secondary N) is 2. The lowest BCUT2D eigenvalue weighted by molar-refractivity contribution is -0.121. The Morgan fingerprint density at radius 3 is 2.17 bits per heavy atom. The number of hydrogen-bond donors (Lipinski definition) is 2. The van der Waals surface area contributed by atoms with E-state index in [1.807, 2.05) is 18.2 Å². The number of carbonyl (C=O) groups excluding carboxylic acids is 4. The molecule has 4 rings (SSSR count). The second kappa shape index (κ2) is 10.9. The van der Waals surface area contributed by atoms with Crippen LogP contribution in [0.1, 0.15) is 23.7 Å². The van der Waals surface area contributed by atoms with Crippen LogP contribution >= 0.6 is 11.8 Å². The first-order valence-electron chi connectivity index (χ1n) is 11.0. The summed E-state index contributed by atoms with van der Waals surface area (Å²) in [7, 11) is 0. The van der Waals surface area contributed by atoms with Crippen molar-refractivity contribution in [3.8, 4) is 0 Å². The maximum absolute atomic E-state index is 13.0. The zero-order chi connectivity index (χ0) is 24.8. The van der Waals surface area contributed by atoms with Crippen molar-refractivity contribution < 1.29 is 23.9 Å². The zero-order valence-electron chi connectivity index (χ0n) is 18.9. The van der Waals surface area contributed by atoms with Crippen LogP contribution in [0.15, 0.2) is 83.8 Å². The number of esters is 1. The first-order chi connectivity index (χ1) is 16.9. The Kier molecular flexibility index (Phi) is 7.47.